The van der Waals surface area contributed by atoms with Gasteiger partial charge in [0.2, 0.25) is 0 Å². The predicted octanol–water partition coefficient (Wildman–Crippen LogP) is 1.68. The van der Waals surface area contributed by atoms with Crippen molar-refractivity contribution >= 4 is 5.97 Å². The summed E-state index contributed by atoms with van der Waals surface area (Å²) in [6, 6.07) is 0. The zero-order valence-corrected chi connectivity index (χ0v) is 8.13. The molecule has 0 bridgehead atoms. The summed E-state index contributed by atoms with van der Waals surface area (Å²) in [5.74, 6) is -2.23. The van der Waals surface area contributed by atoms with Crippen LogP contribution in [0.4, 0.5) is 13.2 Å². The molecule has 0 spiro atoms. The fourth-order valence-corrected chi connectivity index (χ4v) is 1.08. The zero-order chi connectivity index (χ0) is 11.6. The van der Waals surface area contributed by atoms with Crippen molar-refractivity contribution in [3.63, 3.8) is 0 Å². The van der Waals surface area contributed by atoms with Crippen molar-refractivity contribution in [1.29, 1.82) is 0 Å². The summed E-state index contributed by atoms with van der Waals surface area (Å²) in [6.07, 6.45) is -5.37. The Balaban J connectivity index is 2.35. The molecule has 1 fully saturated rings. The van der Waals surface area contributed by atoms with Gasteiger partial charge in [-0.3, -0.25) is 0 Å². The van der Waals surface area contributed by atoms with Crippen LogP contribution in [-0.4, -0.2) is 31.5 Å². The molecule has 0 aromatic carbocycles. The summed E-state index contributed by atoms with van der Waals surface area (Å²) in [5, 5.41) is 0. The standard InChI is InChI=1S/C9H11F3O3/c1-5(2)8(13)15-4-7-6(3-14-7)9(10,11)12/h6-7H,1,3-4H2,2H3. The van der Waals surface area contributed by atoms with Gasteiger partial charge in [-0.2, -0.15) is 13.2 Å². The number of carbonyl (C=O) groups excluding carboxylic acids is 1. The van der Waals surface area contributed by atoms with E-state index in [1.165, 1.54) is 6.92 Å². The normalized spacial score (nSPS) is 25.6. The molecule has 0 amide bonds. The number of hydrogen-bond donors (Lipinski definition) is 0. The topological polar surface area (TPSA) is 35.5 Å². The van der Waals surface area contributed by atoms with Crippen molar-refractivity contribution in [3.8, 4) is 0 Å². The van der Waals surface area contributed by atoms with E-state index in [1.54, 1.807) is 0 Å². The lowest BCUT2D eigenvalue weighted by Crippen LogP contribution is -2.51. The van der Waals surface area contributed by atoms with Crippen LogP contribution in [0.3, 0.4) is 0 Å². The molecule has 1 rings (SSSR count). The Bertz CT molecular complexity index is 272. The molecule has 1 heterocycles. The lowest BCUT2D eigenvalue weighted by atomic mass is 9.98. The average molecular weight is 224 g/mol. The van der Waals surface area contributed by atoms with Crippen LogP contribution in [0.2, 0.25) is 0 Å². The first-order valence-electron chi connectivity index (χ1n) is 4.33. The Morgan fingerprint density at radius 2 is 2.20 bits per heavy atom. The van der Waals surface area contributed by atoms with Gasteiger partial charge >= 0.3 is 12.1 Å². The second kappa shape index (κ2) is 4.22. The van der Waals surface area contributed by atoms with Crippen molar-refractivity contribution in [1.82, 2.24) is 0 Å². The molecule has 86 valence electrons. The maximum Gasteiger partial charge on any atom is 0.396 e. The number of halogens is 3. The second-order valence-corrected chi connectivity index (χ2v) is 3.40. The molecular formula is C9H11F3O3. The first-order chi connectivity index (χ1) is 6.82. The highest BCUT2D eigenvalue weighted by molar-refractivity contribution is 5.86. The molecule has 3 nitrogen and oxygen atoms in total. The predicted molar refractivity (Wildman–Crippen MR) is 45.1 cm³/mol. The molecule has 2 unspecified atom stereocenters. The number of alkyl halides is 3. The van der Waals surface area contributed by atoms with Gasteiger partial charge in [0.15, 0.2) is 0 Å². The van der Waals surface area contributed by atoms with Crippen LogP contribution < -0.4 is 0 Å². The Kier molecular flexibility index (Phi) is 3.38. The minimum Gasteiger partial charge on any atom is -0.460 e. The number of ether oxygens (including phenoxy) is 2. The van der Waals surface area contributed by atoms with E-state index < -0.39 is 24.2 Å². The minimum absolute atomic E-state index is 0.151. The van der Waals surface area contributed by atoms with Crippen LogP contribution in [0.25, 0.3) is 0 Å². The summed E-state index contributed by atoms with van der Waals surface area (Å²) in [7, 11) is 0. The fourth-order valence-electron chi connectivity index (χ4n) is 1.08. The van der Waals surface area contributed by atoms with Crippen molar-refractivity contribution in [2.24, 2.45) is 5.92 Å². The van der Waals surface area contributed by atoms with Crippen LogP contribution in [0.5, 0.6) is 0 Å². The van der Waals surface area contributed by atoms with Gasteiger partial charge in [0, 0.05) is 5.57 Å². The highest BCUT2D eigenvalue weighted by Crippen LogP contribution is 2.36. The molecule has 15 heavy (non-hydrogen) atoms. The summed E-state index contributed by atoms with van der Waals surface area (Å²) >= 11 is 0. The summed E-state index contributed by atoms with van der Waals surface area (Å²) in [6.45, 7) is 3.99. The Morgan fingerprint density at radius 3 is 2.53 bits per heavy atom. The van der Waals surface area contributed by atoms with Gasteiger partial charge in [0.1, 0.15) is 18.6 Å². The number of esters is 1. The Morgan fingerprint density at radius 1 is 1.60 bits per heavy atom. The lowest BCUT2D eigenvalue weighted by molar-refractivity contribution is -0.280. The van der Waals surface area contributed by atoms with Gasteiger partial charge in [0.05, 0.1) is 6.61 Å². The molecule has 1 aliphatic heterocycles. The van der Waals surface area contributed by atoms with E-state index in [1.807, 2.05) is 0 Å². The third kappa shape index (κ3) is 2.95. The molecule has 1 saturated heterocycles. The molecule has 0 aromatic heterocycles. The first kappa shape index (κ1) is 12.0. The molecule has 2 atom stereocenters. The van der Waals surface area contributed by atoms with Crippen molar-refractivity contribution in [2.75, 3.05) is 13.2 Å². The summed E-state index contributed by atoms with van der Waals surface area (Å²) in [4.78, 5) is 10.9. The van der Waals surface area contributed by atoms with Crippen molar-refractivity contribution in [3.05, 3.63) is 12.2 Å². The fraction of sp³-hybridized carbons (Fsp3) is 0.667. The monoisotopic (exact) mass is 224 g/mol. The highest BCUT2D eigenvalue weighted by Gasteiger charge is 2.51. The van der Waals surface area contributed by atoms with Crippen LogP contribution in [0.1, 0.15) is 6.92 Å². The largest absolute Gasteiger partial charge is 0.460 e. The smallest absolute Gasteiger partial charge is 0.396 e. The molecule has 0 N–H and O–H groups in total. The van der Waals surface area contributed by atoms with E-state index in [-0.39, 0.29) is 18.8 Å². The Hall–Kier alpha value is -1.04. The molecule has 0 aliphatic carbocycles. The van der Waals surface area contributed by atoms with E-state index in [2.05, 4.69) is 16.1 Å². The van der Waals surface area contributed by atoms with Crippen LogP contribution in [-0.2, 0) is 14.3 Å². The van der Waals surface area contributed by atoms with Crippen LogP contribution >= 0.6 is 0 Å². The minimum atomic E-state index is -4.29. The van der Waals surface area contributed by atoms with Gasteiger partial charge in [-0.05, 0) is 6.92 Å². The quantitative estimate of drug-likeness (QED) is 0.540. The molecule has 0 aromatic rings. The maximum atomic E-state index is 12.2. The third-order valence-electron chi connectivity index (χ3n) is 2.09. The van der Waals surface area contributed by atoms with Gasteiger partial charge in [-0.15, -0.1) is 0 Å². The molecule has 0 saturated carbocycles. The maximum absolute atomic E-state index is 12.2. The van der Waals surface area contributed by atoms with Gasteiger partial charge in [0.25, 0.3) is 0 Å². The molecule has 6 heteroatoms. The summed E-state index contributed by atoms with van der Waals surface area (Å²) in [5.41, 5.74) is 0.151. The van der Waals surface area contributed by atoms with E-state index in [4.69, 9.17) is 0 Å². The van der Waals surface area contributed by atoms with Crippen molar-refractivity contribution in [2.45, 2.75) is 19.2 Å². The number of carbonyl (C=O) groups is 1. The molecule has 1 aliphatic rings. The van der Waals surface area contributed by atoms with E-state index in [0.29, 0.717) is 0 Å². The van der Waals surface area contributed by atoms with Gasteiger partial charge < -0.3 is 9.47 Å². The van der Waals surface area contributed by atoms with E-state index in [0.717, 1.165) is 0 Å². The van der Waals surface area contributed by atoms with Crippen molar-refractivity contribution < 1.29 is 27.4 Å². The number of hydrogen-bond acceptors (Lipinski definition) is 3. The molecular weight excluding hydrogens is 213 g/mol. The van der Waals surface area contributed by atoms with E-state index >= 15 is 0 Å². The van der Waals surface area contributed by atoms with Gasteiger partial charge in [-0.1, -0.05) is 6.58 Å². The van der Waals surface area contributed by atoms with Gasteiger partial charge in [-0.25, -0.2) is 4.79 Å². The van der Waals surface area contributed by atoms with E-state index in [9.17, 15) is 18.0 Å². The third-order valence-corrected chi connectivity index (χ3v) is 2.09. The first-order valence-corrected chi connectivity index (χ1v) is 4.33. The number of rotatable bonds is 3. The second-order valence-electron chi connectivity index (χ2n) is 3.40. The highest BCUT2D eigenvalue weighted by atomic mass is 19.4. The van der Waals surface area contributed by atoms with Crippen LogP contribution in [0, 0.1) is 5.92 Å². The zero-order valence-electron chi connectivity index (χ0n) is 8.13. The lowest BCUT2D eigenvalue weighted by Gasteiger charge is -2.37. The molecule has 0 radical (unpaired) electrons. The Labute approximate surface area is 84.8 Å². The van der Waals surface area contributed by atoms with Crippen LogP contribution in [0.15, 0.2) is 12.2 Å². The summed E-state index contributed by atoms with van der Waals surface area (Å²) < 4.78 is 45.8. The SMILES string of the molecule is C=C(C)C(=O)OCC1OCC1C(F)(F)F. The average Bonchev–Trinajstić information content (AvgIpc) is 1.98.